The molecule has 2 heterocycles. The predicted octanol–water partition coefficient (Wildman–Crippen LogP) is 3.68. The SMILES string of the molecule is O=C(Cc1csc(Cc2cccc(Cl)c2)n1)ON1C(=O)c2ccccc2C1=O. The first-order chi connectivity index (χ1) is 13.5. The molecule has 2 aromatic carbocycles. The number of hydrogen-bond donors (Lipinski definition) is 0. The van der Waals surface area contributed by atoms with Crippen molar-refractivity contribution in [2.75, 3.05) is 0 Å². The number of rotatable bonds is 5. The summed E-state index contributed by atoms with van der Waals surface area (Å²) in [5.74, 6) is -2.02. The summed E-state index contributed by atoms with van der Waals surface area (Å²) in [6.07, 6.45) is 0.456. The number of thiazole rings is 1. The smallest absolute Gasteiger partial charge is 0.329 e. The van der Waals surface area contributed by atoms with E-state index in [-0.39, 0.29) is 17.5 Å². The molecule has 4 rings (SSSR count). The summed E-state index contributed by atoms with van der Waals surface area (Å²) in [4.78, 5) is 46.1. The first kappa shape index (κ1) is 18.3. The number of aromatic nitrogens is 1. The van der Waals surface area contributed by atoms with Crippen LogP contribution in [0.3, 0.4) is 0 Å². The van der Waals surface area contributed by atoms with Gasteiger partial charge in [0, 0.05) is 16.8 Å². The maximum Gasteiger partial charge on any atom is 0.339 e. The number of fused-ring (bicyclic) bond motifs is 1. The molecule has 0 fully saturated rings. The topological polar surface area (TPSA) is 76.6 Å². The normalized spacial score (nSPS) is 13.0. The van der Waals surface area contributed by atoms with Crippen molar-refractivity contribution in [1.82, 2.24) is 10.0 Å². The Hall–Kier alpha value is -3.03. The van der Waals surface area contributed by atoms with Gasteiger partial charge < -0.3 is 4.84 Å². The average Bonchev–Trinajstić information content (AvgIpc) is 3.20. The van der Waals surface area contributed by atoms with Crippen molar-refractivity contribution in [2.24, 2.45) is 0 Å². The van der Waals surface area contributed by atoms with Gasteiger partial charge in [0.2, 0.25) is 0 Å². The lowest BCUT2D eigenvalue weighted by molar-refractivity contribution is -0.167. The largest absolute Gasteiger partial charge is 0.339 e. The predicted molar refractivity (Wildman–Crippen MR) is 103 cm³/mol. The summed E-state index contributed by atoms with van der Waals surface area (Å²) >= 11 is 7.40. The third-order valence-corrected chi connectivity index (χ3v) is 5.25. The minimum atomic E-state index is -0.728. The minimum Gasteiger partial charge on any atom is -0.329 e. The van der Waals surface area contributed by atoms with E-state index < -0.39 is 17.8 Å². The fraction of sp³-hybridized carbons (Fsp3) is 0.100. The van der Waals surface area contributed by atoms with Crippen LogP contribution >= 0.6 is 22.9 Å². The number of hydrogen-bond acceptors (Lipinski definition) is 6. The van der Waals surface area contributed by atoms with Gasteiger partial charge in [-0.1, -0.05) is 40.9 Å². The first-order valence-electron chi connectivity index (χ1n) is 8.37. The summed E-state index contributed by atoms with van der Waals surface area (Å²) in [6, 6.07) is 13.8. The van der Waals surface area contributed by atoms with Crippen LogP contribution in [0, 0.1) is 0 Å². The van der Waals surface area contributed by atoms with Gasteiger partial charge in [0.15, 0.2) is 0 Å². The first-order valence-corrected chi connectivity index (χ1v) is 9.63. The van der Waals surface area contributed by atoms with Gasteiger partial charge >= 0.3 is 5.97 Å². The van der Waals surface area contributed by atoms with Crippen molar-refractivity contribution in [3.05, 3.63) is 86.3 Å². The van der Waals surface area contributed by atoms with Gasteiger partial charge in [-0.05, 0) is 29.8 Å². The summed E-state index contributed by atoms with van der Waals surface area (Å²) in [5, 5.41) is 3.74. The number of hydroxylamine groups is 2. The summed E-state index contributed by atoms with van der Waals surface area (Å²) in [6.45, 7) is 0. The van der Waals surface area contributed by atoms with Crippen molar-refractivity contribution in [3.63, 3.8) is 0 Å². The maximum atomic E-state index is 12.2. The molecule has 0 N–H and O–H groups in total. The Labute approximate surface area is 169 Å². The molecule has 1 aromatic heterocycles. The molecular formula is C20H13ClN2O4S. The van der Waals surface area contributed by atoms with Crippen LogP contribution in [0.2, 0.25) is 5.02 Å². The number of carbonyl (C=O) groups is 3. The zero-order valence-corrected chi connectivity index (χ0v) is 16.0. The van der Waals surface area contributed by atoms with E-state index in [1.807, 2.05) is 18.2 Å². The molecule has 0 atom stereocenters. The van der Waals surface area contributed by atoms with Crippen molar-refractivity contribution < 1.29 is 19.2 Å². The van der Waals surface area contributed by atoms with Gasteiger partial charge in [-0.25, -0.2) is 9.78 Å². The van der Waals surface area contributed by atoms with Crippen LogP contribution in [0.5, 0.6) is 0 Å². The molecular weight excluding hydrogens is 400 g/mol. The monoisotopic (exact) mass is 412 g/mol. The maximum absolute atomic E-state index is 12.2. The van der Waals surface area contributed by atoms with Gasteiger partial charge in [0.05, 0.1) is 28.2 Å². The van der Waals surface area contributed by atoms with Crippen molar-refractivity contribution in [1.29, 1.82) is 0 Å². The van der Waals surface area contributed by atoms with Crippen LogP contribution < -0.4 is 0 Å². The Morgan fingerprint density at radius 3 is 2.46 bits per heavy atom. The highest BCUT2D eigenvalue weighted by atomic mass is 35.5. The van der Waals surface area contributed by atoms with E-state index in [1.54, 1.807) is 23.6 Å². The van der Waals surface area contributed by atoms with Crippen LogP contribution in [0.15, 0.2) is 53.9 Å². The quantitative estimate of drug-likeness (QED) is 0.597. The molecule has 6 nitrogen and oxygen atoms in total. The van der Waals surface area contributed by atoms with Crippen molar-refractivity contribution in [3.8, 4) is 0 Å². The molecule has 2 amide bonds. The van der Waals surface area contributed by atoms with Gasteiger partial charge in [0.1, 0.15) is 0 Å². The van der Waals surface area contributed by atoms with E-state index in [1.165, 1.54) is 23.5 Å². The summed E-state index contributed by atoms with van der Waals surface area (Å²) in [7, 11) is 0. The third kappa shape index (κ3) is 3.67. The van der Waals surface area contributed by atoms with Crippen LogP contribution in [0.1, 0.15) is 37.0 Å². The number of benzene rings is 2. The third-order valence-electron chi connectivity index (χ3n) is 4.12. The van der Waals surface area contributed by atoms with E-state index >= 15 is 0 Å². The van der Waals surface area contributed by atoms with Crippen LogP contribution in [0.25, 0.3) is 0 Å². The molecule has 0 bridgehead atoms. The molecule has 0 saturated heterocycles. The Kier molecular flexibility index (Phi) is 4.93. The number of imide groups is 1. The zero-order valence-electron chi connectivity index (χ0n) is 14.4. The Bertz CT molecular complexity index is 1060. The number of halogens is 1. The molecule has 28 heavy (non-hydrogen) atoms. The molecule has 0 saturated carbocycles. The molecule has 1 aliphatic heterocycles. The highest BCUT2D eigenvalue weighted by molar-refractivity contribution is 7.09. The molecule has 0 spiro atoms. The van der Waals surface area contributed by atoms with Crippen LogP contribution in [0.4, 0.5) is 0 Å². The number of carbonyl (C=O) groups excluding carboxylic acids is 3. The minimum absolute atomic E-state index is 0.139. The summed E-state index contributed by atoms with van der Waals surface area (Å²) in [5.41, 5.74) is 1.97. The second-order valence-corrected chi connectivity index (χ2v) is 7.51. The number of amides is 2. The van der Waals surface area contributed by atoms with Crippen molar-refractivity contribution in [2.45, 2.75) is 12.8 Å². The van der Waals surface area contributed by atoms with E-state index in [0.29, 0.717) is 22.2 Å². The van der Waals surface area contributed by atoms with E-state index in [0.717, 1.165) is 10.6 Å². The zero-order chi connectivity index (χ0) is 19.7. The molecule has 0 aliphatic carbocycles. The standard InChI is InChI=1S/C20H13ClN2O4S/c21-13-5-3-4-12(8-13)9-17-22-14(11-28-17)10-18(24)27-23-19(25)15-6-1-2-7-16(15)20(23)26/h1-8,11H,9-10H2. The highest BCUT2D eigenvalue weighted by Crippen LogP contribution is 2.23. The molecule has 0 radical (unpaired) electrons. The number of nitrogens with zero attached hydrogens (tertiary/aromatic N) is 2. The van der Waals surface area contributed by atoms with Crippen LogP contribution in [-0.4, -0.2) is 27.8 Å². The van der Waals surface area contributed by atoms with Gasteiger partial charge in [0.25, 0.3) is 11.8 Å². The van der Waals surface area contributed by atoms with Gasteiger partial charge in [-0.3, -0.25) is 9.59 Å². The van der Waals surface area contributed by atoms with Gasteiger partial charge in [-0.15, -0.1) is 11.3 Å². The Morgan fingerprint density at radius 1 is 1.07 bits per heavy atom. The van der Waals surface area contributed by atoms with Crippen LogP contribution in [-0.2, 0) is 22.5 Å². The fourth-order valence-electron chi connectivity index (χ4n) is 2.86. The molecule has 0 unspecified atom stereocenters. The Balaban J connectivity index is 1.39. The molecule has 3 aromatic rings. The summed E-state index contributed by atoms with van der Waals surface area (Å²) < 4.78 is 0. The van der Waals surface area contributed by atoms with Gasteiger partial charge in [-0.2, -0.15) is 0 Å². The van der Waals surface area contributed by atoms with E-state index in [9.17, 15) is 14.4 Å². The molecule has 8 heteroatoms. The van der Waals surface area contributed by atoms with E-state index in [4.69, 9.17) is 16.4 Å². The lowest BCUT2D eigenvalue weighted by atomic mass is 10.1. The second-order valence-electron chi connectivity index (χ2n) is 6.13. The lowest BCUT2D eigenvalue weighted by Gasteiger charge is -2.12. The Morgan fingerprint density at radius 2 is 1.79 bits per heavy atom. The molecule has 140 valence electrons. The van der Waals surface area contributed by atoms with E-state index in [2.05, 4.69) is 4.98 Å². The fourth-order valence-corrected chi connectivity index (χ4v) is 3.91. The lowest BCUT2D eigenvalue weighted by Crippen LogP contribution is -2.33. The molecule has 1 aliphatic rings. The van der Waals surface area contributed by atoms with Crippen molar-refractivity contribution >= 4 is 40.7 Å². The average molecular weight is 413 g/mol. The highest BCUT2D eigenvalue weighted by Gasteiger charge is 2.38. The second kappa shape index (κ2) is 7.53.